The molecule has 1 heterocycles. The quantitative estimate of drug-likeness (QED) is 0.585. The lowest BCUT2D eigenvalue weighted by atomic mass is 10.2. The van der Waals surface area contributed by atoms with E-state index < -0.39 is 4.92 Å². The Hall–Kier alpha value is -2.11. The predicted molar refractivity (Wildman–Crippen MR) is 64.7 cm³/mol. The highest BCUT2D eigenvalue weighted by Gasteiger charge is 2.07. The molecule has 17 heavy (non-hydrogen) atoms. The van der Waals surface area contributed by atoms with Crippen molar-refractivity contribution in [3.05, 3.63) is 52.2 Å². The summed E-state index contributed by atoms with van der Waals surface area (Å²) in [7, 11) is 3.47. The molecule has 0 aromatic carbocycles. The smallest absolute Gasteiger partial charge is 0.274 e. The molecule has 1 N–H and O–H groups in total. The number of hydrogen-bond donors (Lipinski definition) is 1. The maximum absolute atomic E-state index is 10.4. The van der Waals surface area contributed by atoms with E-state index in [1.807, 2.05) is 19.2 Å². The summed E-state index contributed by atoms with van der Waals surface area (Å²) in [5, 5.41) is 13.2. The van der Waals surface area contributed by atoms with Gasteiger partial charge in [0.05, 0.1) is 4.92 Å². The summed E-state index contributed by atoms with van der Waals surface area (Å²) in [6.45, 7) is 0.687. The molecule has 0 amide bonds. The van der Waals surface area contributed by atoms with Crippen LogP contribution in [-0.2, 0) is 6.42 Å². The van der Waals surface area contributed by atoms with E-state index in [-0.39, 0.29) is 0 Å². The summed E-state index contributed by atoms with van der Waals surface area (Å²) in [6.07, 6.45) is 5.27. The van der Waals surface area contributed by atoms with Crippen LogP contribution in [0.2, 0.25) is 0 Å². The van der Waals surface area contributed by atoms with Gasteiger partial charge in [-0.3, -0.25) is 15.1 Å². The second kappa shape index (κ2) is 6.47. The van der Waals surface area contributed by atoms with Gasteiger partial charge in [-0.15, -0.1) is 0 Å². The van der Waals surface area contributed by atoms with Gasteiger partial charge in [-0.25, -0.2) is 0 Å². The van der Waals surface area contributed by atoms with Gasteiger partial charge in [-0.05, 0) is 18.1 Å². The number of aromatic nitrogens is 1. The predicted octanol–water partition coefficient (Wildman–Crippen LogP) is 0.851. The molecule has 0 saturated carbocycles. The van der Waals surface area contributed by atoms with Crippen molar-refractivity contribution in [3.63, 3.8) is 0 Å². The Morgan fingerprint density at radius 3 is 3.00 bits per heavy atom. The van der Waals surface area contributed by atoms with Crippen LogP contribution < -0.4 is 5.32 Å². The summed E-state index contributed by atoms with van der Waals surface area (Å²) in [5.41, 5.74) is 1.11. The molecule has 1 aromatic rings. The monoisotopic (exact) mass is 236 g/mol. The van der Waals surface area contributed by atoms with Crippen molar-refractivity contribution in [2.45, 2.75) is 6.42 Å². The van der Waals surface area contributed by atoms with Crippen LogP contribution in [0.4, 0.5) is 0 Å². The third-order valence-electron chi connectivity index (χ3n) is 2.35. The summed E-state index contributed by atoms with van der Waals surface area (Å²) in [4.78, 5) is 15.8. The number of hydrogen-bond acceptors (Lipinski definition) is 5. The van der Waals surface area contributed by atoms with E-state index in [1.165, 1.54) is 0 Å². The number of nitrogens with one attached hydrogen (secondary N) is 1. The van der Waals surface area contributed by atoms with Gasteiger partial charge < -0.3 is 10.2 Å². The van der Waals surface area contributed by atoms with Crippen LogP contribution in [0.1, 0.15) is 5.56 Å². The van der Waals surface area contributed by atoms with Gasteiger partial charge in [0.25, 0.3) is 6.20 Å². The zero-order valence-corrected chi connectivity index (χ0v) is 9.96. The highest BCUT2D eigenvalue weighted by molar-refractivity contribution is 5.09. The van der Waals surface area contributed by atoms with E-state index in [1.54, 1.807) is 24.3 Å². The minimum atomic E-state index is -0.466. The summed E-state index contributed by atoms with van der Waals surface area (Å²) < 4.78 is 0. The third kappa shape index (κ3) is 4.50. The molecule has 6 nitrogen and oxygen atoms in total. The topological polar surface area (TPSA) is 71.3 Å². The van der Waals surface area contributed by atoms with Gasteiger partial charge in [0.2, 0.25) is 0 Å². The first-order chi connectivity index (χ1) is 8.13. The summed E-state index contributed by atoms with van der Waals surface area (Å²) >= 11 is 0. The van der Waals surface area contributed by atoms with Crippen molar-refractivity contribution in [1.82, 2.24) is 15.2 Å². The van der Waals surface area contributed by atoms with Crippen molar-refractivity contribution < 1.29 is 4.92 Å². The molecule has 0 aliphatic carbocycles. The Morgan fingerprint density at radius 2 is 2.47 bits per heavy atom. The molecule has 92 valence electrons. The fourth-order valence-corrected chi connectivity index (χ4v) is 1.42. The fraction of sp³-hybridized carbons (Fsp3) is 0.364. The van der Waals surface area contributed by atoms with Crippen LogP contribution in [0.25, 0.3) is 0 Å². The van der Waals surface area contributed by atoms with E-state index in [0.29, 0.717) is 12.4 Å². The van der Waals surface area contributed by atoms with Crippen LogP contribution in [-0.4, -0.2) is 35.4 Å². The first-order valence-corrected chi connectivity index (χ1v) is 5.26. The van der Waals surface area contributed by atoms with Crippen molar-refractivity contribution in [2.75, 3.05) is 20.6 Å². The van der Waals surface area contributed by atoms with Crippen LogP contribution in [0, 0.1) is 10.1 Å². The Kier molecular flexibility index (Phi) is 4.93. The standard InChI is InChI=1S/C11H16N4O2/c1-12-11(9-15(16)17)14(2)7-5-10-4-3-6-13-8-10/h3-4,6,8-9,12H,5,7H2,1-2H3. The molecule has 0 radical (unpaired) electrons. The molecule has 1 rings (SSSR count). The molecule has 1 aromatic heterocycles. The van der Waals surface area contributed by atoms with E-state index in [0.717, 1.165) is 18.2 Å². The summed E-state index contributed by atoms with van der Waals surface area (Å²) in [5.74, 6) is 0.485. The number of nitro groups is 1. The lowest BCUT2D eigenvalue weighted by molar-refractivity contribution is -0.404. The maximum atomic E-state index is 10.4. The van der Waals surface area contributed by atoms with Crippen molar-refractivity contribution in [1.29, 1.82) is 0 Å². The normalized spacial score (nSPS) is 11.1. The molecule has 0 aliphatic heterocycles. The second-order valence-electron chi connectivity index (χ2n) is 3.58. The minimum Gasteiger partial charge on any atom is -0.370 e. The molecule has 0 spiro atoms. The minimum absolute atomic E-state index is 0.466. The number of pyridine rings is 1. The summed E-state index contributed by atoms with van der Waals surface area (Å²) in [6, 6.07) is 3.86. The fourth-order valence-electron chi connectivity index (χ4n) is 1.42. The van der Waals surface area contributed by atoms with Gasteiger partial charge in [0.15, 0.2) is 5.82 Å². The molecule has 0 aliphatic rings. The van der Waals surface area contributed by atoms with Crippen LogP contribution in [0.15, 0.2) is 36.5 Å². The first-order valence-electron chi connectivity index (χ1n) is 5.26. The first kappa shape index (κ1) is 13.0. The Labute approximate surface area is 100 Å². The number of rotatable bonds is 6. The van der Waals surface area contributed by atoms with Crippen LogP contribution in [0.3, 0.4) is 0 Å². The average molecular weight is 236 g/mol. The van der Waals surface area contributed by atoms with Crippen molar-refractivity contribution in [2.24, 2.45) is 0 Å². The molecular weight excluding hydrogens is 220 g/mol. The SMILES string of the molecule is CNC(=C[N+](=O)[O-])N(C)CCc1cccnc1. The largest absolute Gasteiger partial charge is 0.370 e. The Morgan fingerprint density at radius 1 is 1.71 bits per heavy atom. The highest BCUT2D eigenvalue weighted by Crippen LogP contribution is 2.02. The Bertz CT molecular complexity index is 392. The highest BCUT2D eigenvalue weighted by atomic mass is 16.6. The molecular formula is C11H16N4O2. The zero-order chi connectivity index (χ0) is 12.7. The van der Waals surface area contributed by atoms with Gasteiger partial charge in [0, 0.05) is 33.0 Å². The average Bonchev–Trinajstić information content (AvgIpc) is 2.34. The van der Waals surface area contributed by atoms with Gasteiger partial charge in [0.1, 0.15) is 0 Å². The van der Waals surface area contributed by atoms with E-state index in [4.69, 9.17) is 0 Å². The molecule has 6 heteroatoms. The Balaban J connectivity index is 2.54. The second-order valence-corrected chi connectivity index (χ2v) is 3.58. The van der Waals surface area contributed by atoms with Crippen molar-refractivity contribution in [3.8, 4) is 0 Å². The third-order valence-corrected chi connectivity index (χ3v) is 2.35. The van der Waals surface area contributed by atoms with E-state index in [2.05, 4.69) is 10.3 Å². The molecule has 0 fully saturated rings. The lowest BCUT2D eigenvalue weighted by Crippen LogP contribution is -2.28. The molecule has 0 atom stereocenters. The zero-order valence-electron chi connectivity index (χ0n) is 9.96. The van der Waals surface area contributed by atoms with Crippen molar-refractivity contribution >= 4 is 0 Å². The maximum Gasteiger partial charge on any atom is 0.274 e. The van der Waals surface area contributed by atoms with Crippen LogP contribution in [0.5, 0.6) is 0 Å². The van der Waals surface area contributed by atoms with Gasteiger partial charge >= 0.3 is 0 Å². The molecule has 0 unspecified atom stereocenters. The molecule has 0 bridgehead atoms. The molecule has 0 saturated heterocycles. The number of likely N-dealkylation sites (N-methyl/N-ethyl adjacent to an activating group) is 1. The van der Waals surface area contributed by atoms with Gasteiger partial charge in [-0.1, -0.05) is 6.07 Å². The van der Waals surface area contributed by atoms with E-state index in [9.17, 15) is 10.1 Å². The van der Waals surface area contributed by atoms with E-state index >= 15 is 0 Å². The van der Waals surface area contributed by atoms with Crippen LogP contribution >= 0.6 is 0 Å². The lowest BCUT2D eigenvalue weighted by Gasteiger charge is -2.19. The van der Waals surface area contributed by atoms with Gasteiger partial charge in [-0.2, -0.15) is 0 Å². The number of nitrogens with zero attached hydrogens (tertiary/aromatic N) is 3.